The highest BCUT2D eigenvalue weighted by Gasteiger charge is 2.35. The van der Waals surface area contributed by atoms with Gasteiger partial charge in [0.1, 0.15) is 0 Å². The first kappa shape index (κ1) is 29.1. The van der Waals surface area contributed by atoms with E-state index in [2.05, 4.69) is 76.2 Å². The molecule has 3 rings (SSSR count). The summed E-state index contributed by atoms with van der Waals surface area (Å²) in [5.41, 5.74) is 21.6. The first-order valence-corrected chi connectivity index (χ1v) is 15.3. The summed E-state index contributed by atoms with van der Waals surface area (Å²) in [4.78, 5) is 0. The largest absolute Gasteiger partial charge is 0.493 e. The van der Waals surface area contributed by atoms with Crippen LogP contribution in [0.15, 0.2) is 59.7 Å². The third kappa shape index (κ3) is 8.00. The van der Waals surface area contributed by atoms with Crippen LogP contribution < -0.4 is 0 Å². The molecule has 0 spiro atoms. The Labute approximate surface area is 227 Å². The molecular formula is C35H50N2. The van der Waals surface area contributed by atoms with Crippen LogP contribution in [-0.4, -0.2) is 4.70 Å². The van der Waals surface area contributed by atoms with E-state index in [9.17, 15) is 5.53 Å². The second-order valence-electron chi connectivity index (χ2n) is 10.8. The molecule has 0 atom stereocenters. The predicted octanol–water partition coefficient (Wildman–Crippen LogP) is 11.1. The minimum absolute atomic E-state index is 1.01. The molecule has 0 unspecified atom stereocenters. The van der Waals surface area contributed by atoms with Crippen molar-refractivity contribution in [2.45, 2.75) is 124 Å². The molecule has 2 heteroatoms. The summed E-state index contributed by atoms with van der Waals surface area (Å²) >= 11 is 0. The molecule has 2 nitrogen and oxygen atoms in total. The van der Waals surface area contributed by atoms with E-state index < -0.39 is 0 Å². The van der Waals surface area contributed by atoms with Crippen molar-refractivity contribution in [3.8, 4) is 0 Å². The van der Waals surface area contributed by atoms with Gasteiger partial charge in [-0.05, 0) is 86.8 Å². The highest BCUT2D eigenvalue weighted by atomic mass is 15.2. The van der Waals surface area contributed by atoms with Crippen LogP contribution in [0.4, 0.5) is 0 Å². The molecule has 37 heavy (non-hydrogen) atoms. The minimum atomic E-state index is 1.01. The van der Waals surface area contributed by atoms with Gasteiger partial charge in [0, 0.05) is 22.3 Å². The number of allylic oxidation sites excluding steroid dienone is 2. The molecule has 0 saturated heterocycles. The lowest BCUT2D eigenvalue weighted by molar-refractivity contribution is -0.345. The molecule has 0 aromatic heterocycles. The van der Waals surface area contributed by atoms with E-state index in [1.165, 1.54) is 73.6 Å². The van der Waals surface area contributed by atoms with E-state index in [1.807, 2.05) is 0 Å². The van der Waals surface area contributed by atoms with Crippen LogP contribution in [0.2, 0.25) is 0 Å². The van der Waals surface area contributed by atoms with Gasteiger partial charge in [0.05, 0.1) is 0 Å². The van der Waals surface area contributed by atoms with Crippen LogP contribution in [-0.2, 0) is 12.8 Å². The van der Waals surface area contributed by atoms with E-state index in [0.717, 1.165) is 67.5 Å². The topological polar surface area (TPSA) is 25.3 Å². The van der Waals surface area contributed by atoms with Gasteiger partial charge < -0.3 is 5.53 Å². The van der Waals surface area contributed by atoms with Crippen LogP contribution in [0, 0.1) is 0 Å². The van der Waals surface area contributed by atoms with Crippen LogP contribution in [0.25, 0.3) is 16.9 Å². The normalized spacial score (nSPS) is 13.8. The van der Waals surface area contributed by atoms with Gasteiger partial charge in [-0.1, -0.05) is 96.9 Å². The standard InChI is InChI=1S/C35H50N2/c1-5-9-13-15-18-28-23-25-30(26-24-28)34-32(21-12-8-4)33(22-14-10-6-2)35(37(34)36)31-20-16-19-29(27-31)17-11-7-3/h16,19-20,23-27H,5-15,17-18,21-22H2,1-4H3. The van der Waals surface area contributed by atoms with Gasteiger partial charge in [-0.15, -0.1) is 0 Å². The Bertz CT molecular complexity index is 1050. The highest BCUT2D eigenvalue weighted by Crippen LogP contribution is 2.44. The number of hydrogen-bond donors (Lipinski definition) is 0. The Balaban J connectivity index is 1.99. The second kappa shape index (κ2) is 15.7. The average molecular weight is 499 g/mol. The Morgan fingerprint density at radius 2 is 1.05 bits per heavy atom. The van der Waals surface area contributed by atoms with Crippen molar-refractivity contribution in [2.75, 3.05) is 0 Å². The van der Waals surface area contributed by atoms with Gasteiger partial charge in [0.2, 0.25) is 11.4 Å². The molecule has 1 heterocycles. The lowest BCUT2D eigenvalue weighted by Crippen LogP contribution is -2.03. The van der Waals surface area contributed by atoms with Gasteiger partial charge in [-0.2, -0.15) is 0 Å². The molecule has 0 fully saturated rings. The Morgan fingerprint density at radius 3 is 1.73 bits per heavy atom. The average Bonchev–Trinajstić information content (AvgIpc) is 3.20. The molecule has 0 N–H and O–H groups in total. The SMILES string of the molecule is CCCCCCc1ccc(C2=C(CCCC)C(CCCCC)=C(c3cccc(CCCC)c3)[N+]2=[N-])cc1. The number of benzene rings is 2. The van der Waals surface area contributed by atoms with E-state index in [1.54, 1.807) is 4.70 Å². The zero-order valence-corrected chi connectivity index (χ0v) is 24.1. The molecule has 2 aromatic rings. The maximum absolute atomic E-state index is 11.8. The van der Waals surface area contributed by atoms with E-state index in [4.69, 9.17) is 0 Å². The maximum atomic E-state index is 11.8. The number of hydrogen-bond acceptors (Lipinski definition) is 0. The van der Waals surface area contributed by atoms with Crippen LogP contribution in [0.3, 0.4) is 0 Å². The summed E-state index contributed by atoms with van der Waals surface area (Å²) in [6.07, 6.45) is 17.7. The zero-order chi connectivity index (χ0) is 26.5. The van der Waals surface area contributed by atoms with Gasteiger partial charge in [0.25, 0.3) is 0 Å². The quantitative estimate of drug-likeness (QED) is 0.153. The van der Waals surface area contributed by atoms with Crippen LogP contribution in [0.5, 0.6) is 0 Å². The molecule has 0 saturated carbocycles. The van der Waals surface area contributed by atoms with Gasteiger partial charge in [-0.3, -0.25) is 0 Å². The van der Waals surface area contributed by atoms with Gasteiger partial charge >= 0.3 is 0 Å². The summed E-state index contributed by atoms with van der Waals surface area (Å²) in [5.74, 6) is 0. The zero-order valence-electron chi connectivity index (χ0n) is 24.1. The summed E-state index contributed by atoms with van der Waals surface area (Å²) < 4.78 is 1.54. The summed E-state index contributed by atoms with van der Waals surface area (Å²) in [5, 5.41) is 0. The number of unbranched alkanes of at least 4 members (excludes halogenated alkanes) is 7. The molecule has 2 aromatic carbocycles. The fraction of sp³-hybridized carbons (Fsp3) is 0.543. The number of rotatable bonds is 17. The Morgan fingerprint density at radius 1 is 0.514 bits per heavy atom. The van der Waals surface area contributed by atoms with E-state index in [-0.39, 0.29) is 0 Å². The lowest BCUT2D eigenvalue weighted by Gasteiger charge is -2.11. The summed E-state index contributed by atoms with van der Waals surface area (Å²) in [7, 11) is 0. The van der Waals surface area contributed by atoms with Crippen molar-refractivity contribution in [3.05, 3.63) is 87.5 Å². The Kier molecular flexibility index (Phi) is 12.3. The molecule has 1 aliphatic rings. The third-order valence-electron chi connectivity index (χ3n) is 7.74. The van der Waals surface area contributed by atoms with E-state index in [0.29, 0.717) is 0 Å². The molecule has 1 aliphatic heterocycles. The maximum Gasteiger partial charge on any atom is 0.211 e. The molecule has 200 valence electrons. The molecule has 0 radical (unpaired) electrons. The lowest BCUT2D eigenvalue weighted by atomic mass is 9.91. The molecule has 0 aliphatic carbocycles. The first-order valence-electron chi connectivity index (χ1n) is 15.3. The van der Waals surface area contributed by atoms with Gasteiger partial charge in [-0.25, -0.2) is 4.70 Å². The molecular weight excluding hydrogens is 448 g/mol. The van der Waals surface area contributed by atoms with Crippen LogP contribution in [0.1, 0.15) is 133 Å². The van der Waals surface area contributed by atoms with Crippen molar-refractivity contribution < 1.29 is 4.70 Å². The second-order valence-corrected chi connectivity index (χ2v) is 10.8. The third-order valence-corrected chi connectivity index (χ3v) is 7.74. The van der Waals surface area contributed by atoms with Crippen molar-refractivity contribution in [2.24, 2.45) is 0 Å². The highest BCUT2D eigenvalue weighted by molar-refractivity contribution is 5.82. The fourth-order valence-corrected chi connectivity index (χ4v) is 5.53. The number of aryl methyl sites for hydroxylation is 2. The first-order chi connectivity index (χ1) is 18.1. The molecule has 0 bridgehead atoms. The predicted molar refractivity (Wildman–Crippen MR) is 160 cm³/mol. The van der Waals surface area contributed by atoms with Gasteiger partial charge in [0.15, 0.2) is 0 Å². The monoisotopic (exact) mass is 498 g/mol. The van der Waals surface area contributed by atoms with Crippen molar-refractivity contribution in [1.29, 1.82) is 0 Å². The number of nitrogens with zero attached hydrogens (tertiary/aromatic N) is 2. The molecule has 0 amide bonds. The van der Waals surface area contributed by atoms with E-state index >= 15 is 0 Å². The Hall–Kier alpha value is -2.48. The minimum Gasteiger partial charge on any atom is -0.493 e. The summed E-state index contributed by atoms with van der Waals surface area (Å²) in [6, 6.07) is 17.9. The van der Waals surface area contributed by atoms with Crippen LogP contribution >= 0.6 is 0 Å². The summed E-state index contributed by atoms with van der Waals surface area (Å²) in [6.45, 7) is 9.04. The van der Waals surface area contributed by atoms with Crippen molar-refractivity contribution >= 4 is 11.4 Å². The van der Waals surface area contributed by atoms with Crippen molar-refractivity contribution in [1.82, 2.24) is 0 Å². The smallest absolute Gasteiger partial charge is 0.211 e. The van der Waals surface area contributed by atoms with Crippen molar-refractivity contribution in [3.63, 3.8) is 0 Å². The fourth-order valence-electron chi connectivity index (χ4n) is 5.53.